The first-order valence-electron chi connectivity index (χ1n) is 4.64. The van der Waals surface area contributed by atoms with E-state index < -0.39 is 0 Å². The summed E-state index contributed by atoms with van der Waals surface area (Å²) in [7, 11) is 0. The average Bonchev–Trinajstić information content (AvgIpc) is 2.29. The van der Waals surface area contributed by atoms with Crippen LogP contribution in [0.15, 0.2) is 17.1 Å². The first-order valence-corrected chi connectivity index (χ1v) is 4.64. The summed E-state index contributed by atoms with van der Waals surface area (Å²) < 4.78 is 5.00. The first-order chi connectivity index (χ1) is 6.18. The fourth-order valence-electron chi connectivity index (χ4n) is 1.61. The molecule has 0 radical (unpaired) electrons. The molecule has 1 atom stereocenters. The van der Waals surface area contributed by atoms with E-state index >= 15 is 0 Å². The maximum Gasteiger partial charge on any atom is 0.338 e. The second kappa shape index (κ2) is 2.98. The van der Waals surface area contributed by atoms with Crippen molar-refractivity contribution in [2.75, 3.05) is 0 Å². The van der Waals surface area contributed by atoms with Gasteiger partial charge in [0, 0.05) is 5.57 Å². The molecule has 0 saturated heterocycles. The van der Waals surface area contributed by atoms with Crippen LogP contribution in [-0.2, 0) is 9.53 Å². The van der Waals surface area contributed by atoms with Crippen LogP contribution in [0, 0.1) is 5.92 Å². The topological polar surface area (TPSA) is 38.7 Å². The Morgan fingerprint density at radius 3 is 2.69 bits per heavy atom. The number of nitrogens with zero attached hydrogens (tertiary/aromatic N) is 1. The third-order valence-electron chi connectivity index (χ3n) is 2.66. The van der Waals surface area contributed by atoms with Crippen LogP contribution < -0.4 is 0 Å². The number of esters is 1. The zero-order valence-corrected chi connectivity index (χ0v) is 7.75. The van der Waals surface area contributed by atoms with Gasteiger partial charge in [-0.1, -0.05) is 13.0 Å². The normalized spacial score (nSPS) is 27.9. The Labute approximate surface area is 77.5 Å². The zero-order chi connectivity index (χ0) is 9.42. The van der Waals surface area contributed by atoms with Crippen molar-refractivity contribution in [1.29, 1.82) is 0 Å². The highest BCUT2D eigenvalue weighted by Crippen LogP contribution is 2.34. The van der Waals surface area contributed by atoms with Crippen molar-refractivity contribution in [3.8, 4) is 0 Å². The molecule has 0 aromatic heterocycles. The zero-order valence-electron chi connectivity index (χ0n) is 7.75. The lowest BCUT2D eigenvalue weighted by Crippen LogP contribution is -2.30. The highest BCUT2D eigenvalue weighted by molar-refractivity contribution is 6.05. The van der Waals surface area contributed by atoms with Crippen LogP contribution in [0.2, 0.25) is 0 Å². The molecular weight excluding hydrogens is 166 g/mol. The van der Waals surface area contributed by atoms with Crippen molar-refractivity contribution in [1.82, 2.24) is 0 Å². The molecule has 1 saturated carbocycles. The summed E-state index contributed by atoms with van der Waals surface area (Å²) >= 11 is 0. The molecule has 1 fully saturated rings. The Balaban J connectivity index is 2.11. The summed E-state index contributed by atoms with van der Waals surface area (Å²) in [6.45, 7) is 5.50. The van der Waals surface area contributed by atoms with E-state index in [2.05, 4.69) is 11.6 Å². The summed E-state index contributed by atoms with van der Waals surface area (Å²) in [6, 6.07) is -0.236. The first kappa shape index (κ1) is 8.48. The van der Waals surface area contributed by atoms with Gasteiger partial charge in [0.15, 0.2) is 6.04 Å². The third-order valence-corrected chi connectivity index (χ3v) is 2.66. The van der Waals surface area contributed by atoms with Crippen LogP contribution in [0.5, 0.6) is 0 Å². The van der Waals surface area contributed by atoms with Gasteiger partial charge >= 0.3 is 5.97 Å². The van der Waals surface area contributed by atoms with Crippen molar-refractivity contribution in [3.05, 3.63) is 12.2 Å². The van der Waals surface area contributed by atoms with Gasteiger partial charge in [0.2, 0.25) is 5.90 Å². The van der Waals surface area contributed by atoms with Gasteiger partial charge in [-0.05, 0) is 25.7 Å². The Morgan fingerprint density at radius 1 is 1.62 bits per heavy atom. The highest BCUT2D eigenvalue weighted by atomic mass is 16.6. The number of cyclic esters (lactones) is 1. The number of carbonyl (C=O) groups excluding carboxylic acids is 1. The van der Waals surface area contributed by atoms with Gasteiger partial charge in [-0.2, -0.15) is 0 Å². The Morgan fingerprint density at radius 2 is 2.31 bits per heavy atom. The molecule has 1 aliphatic carbocycles. The Hall–Kier alpha value is -1.12. The lowest BCUT2D eigenvalue weighted by molar-refractivity contribution is -0.136. The van der Waals surface area contributed by atoms with Gasteiger partial charge in [-0.15, -0.1) is 0 Å². The van der Waals surface area contributed by atoms with Crippen LogP contribution >= 0.6 is 0 Å². The summed E-state index contributed by atoms with van der Waals surface area (Å²) in [5.41, 5.74) is 0.732. The molecule has 1 aliphatic heterocycles. The van der Waals surface area contributed by atoms with Crippen molar-refractivity contribution in [2.24, 2.45) is 10.9 Å². The predicted molar refractivity (Wildman–Crippen MR) is 49.5 cm³/mol. The molecule has 13 heavy (non-hydrogen) atoms. The number of aliphatic imine (C=N–C) groups is 1. The van der Waals surface area contributed by atoms with E-state index in [4.69, 9.17) is 4.74 Å². The quantitative estimate of drug-likeness (QED) is 0.605. The molecule has 2 rings (SSSR count). The molecule has 3 nitrogen and oxygen atoms in total. The number of carbonyl (C=O) groups is 1. The standard InChI is InChI=1S/C10H13NO2/c1-6(2)9-11-8(10(12)13-9)7-4-3-5-7/h7-8H,1,3-5H2,2H3. The van der Waals surface area contributed by atoms with Crippen LogP contribution in [0.4, 0.5) is 0 Å². The van der Waals surface area contributed by atoms with Gasteiger partial charge in [-0.25, -0.2) is 9.79 Å². The fourth-order valence-corrected chi connectivity index (χ4v) is 1.61. The minimum Gasteiger partial charge on any atom is -0.406 e. The molecule has 0 aromatic carbocycles. The number of rotatable bonds is 2. The van der Waals surface area contributed by atoms with E-state index in [-0.39, 0.29) is 12.0 Å². The number of hydrogen-bond donors (Lipinski definition) is 0. The summed E-state index contributed by atoms with van der Waals surface area (Å²) in [4.78, 5) is 15.6. The van der Waals surface area contributed by atoms with Crippen LogP contribution in [-0.4, -0.2) is 17.9 Å². The molecule has 2 aliphatic rings. The lowest BCUT2D eigenvalue weighted by Gasteiger charge is -2.26. The van der Waals surface area contributed by atoms with Crippen molar-refractivity contribution >= 4 is 11.9 Å². The van der Waals surface area contributed by atoms with E-state index in [1.165, 1.54) is 6.42 Å². The summed E-state index contributed by atoms with van der Waals surface area (Å²) in [5, 5.41) is 0. The molecule has 70 valence electrons. The molecular formula is C10H13NO2. The molecule has 0 N–H and O–H groups in total. The van der Waals surface area contributed by atoms with E-state index in [1.54, 1.807) is 6.92 Å². The van der Waals surface area contributed by atoms with E-state index in [1.807, 2.05) is 0 Å². The number of hydrogen-bond acceptors (Lipinski definition) is 3. The summed E-state index contributed by atoms with van der Waals surface area (Å²) in [6.07, 6.45) is 3.42. The van der Waals surface area contributed by atoms with Crippen LogP contribution in [0.1, 0.15) is 26.2 Å². The summed E-state index contributed by atoms with van der Waals surface area (Å²) in [5.74, 6) is 0.661. The average molecular weight is 179 g/mol. The van der Waals surface area contributed by atoms with Crippen molar-refractivity contribution in [3.63, 3.8) is 0 Å². The molecule has 0 amide bonds. The van der Waals surface area contributed by atoms with Gasteiger partial charge in [-0.3, -0.25) is 0 Å². The highest BCUT2D eigenvalue weighted by Gasteiger charge is 2.38. The molecule has 0 aromatic rings. The minimum atomic E-state index is -0.236. The van der Waals surface area contributed by atoms with Crippen LogP contribution in [0.25, 0.3) is 0 Å². The maximum absolute atomic E-state index is 11.3. The number of ether oxygens (including phenoxy) is 1. The smallest absolute Gasteiger partial charge is 0.338 e. The molecule has 1 heterocycles. The molecule has 0 spiro atoms. The Bertz CT molecular complexity index is 289. The minimum absolute atomic E-state index is 0.192. The monoisotopic (exact) mass is 179 g/mol. The molecule has 1 unspecified atom stereocenters. The van der Waals surface area contributed by atoms with E-state index in [9.17, 15) is 4.79 Å². The maximum atomic E-state index is 11.3. The second-order valence-electron chi connectivity index (χ2n) is 3.77. The second-order valence-corrected chi connectivity index (χ2v) is 3.77. The fraction of sp³-hybridized carbons (Fsp3) is 0.600. The van der Waals surface area contributed by atoms with Crippen molar-refractivity contribution < 1.29 is 9.53 Å². The lowest BCUT2D eigenvalue weighted by atomic mass is 9.80. The van der Waals surface area contributed by atoms with Gasteiger partial charge in [0.05, 0.1) is 0 Å². The SMILES string of the molecule is C=C(C)C1=NC(C2CCC2)C(=O)O1. The van der Waals surface area contributed by atoms with Gasteiger partial charge < -0.3 is 4.74 Å². The third kappa shape index (κ3) is 1.39. The van der Waals surface area contributed by atoms with Crippen LogP contribution in [0.3, 0.4) is 0 Å². The van der Waals surface area contributed by atoms with Crippen molar-refractivity contribution in [2.45, 2.75) is 32.2 Å². The molecule has 3 heteroatoms. The molecule has 0 bridgehead atoms. The largest absolute Gasteiger partial charge is 0.406 e. The van der Waals surface area contributed by atoms with Gasteiger partial charge in [0.25, 0.3) is 0 Å². The Kier molecular flexibility index (Phi) is 1.94. The van der Waals surface area contributed by atoms with Gasteiger partial charge in [0.1, 0.15) is 0 Å². The van der Waals surface area contributed by atoms with E-state index in [0.29, 0.717) is 11.8 Å². The van der Waals surface area contributed by atoms with E-state index in [0.717, 1.165) is 18.4 Å². The predicted octanol–water partition coefficient (Wildman–Crippen LogP) is 1.69.